The van der Waals surface area contributed by atoms with Crippen LogP contribution in [0.5, 0.6) is 11.6 Å². The van der Waals surface area contributed by atoms with Crippen LogP contribution < -0.4 is 4.74 Å². The molecule has 5 heteroatoms. The molecule has 0 radical (unpaired) electrons. The molecular formula is C14H13NO4. The third kappa shape index (κ3) is 3.29. The van der Waals surface area contributed by atoms with Gasteiger partial charge in [0.2, 0.25) is 5.88 Å². The number of aliphatic hydroxyl groups is 1. The van der Waals surface area contributed by atoms with Crippen molar-refractivity contribution in [2.24, 2.45) is 0 Å². The lowest BCUT2D eigenvalue weighted by Gasteiger charge is -2.07. The number of ether oxygens (including phenoxy) is 1. The van der Waals surface area contributed by atoms with Crippen molar-refractivity contribution >= 4 is 5.97 Å². The molecule has 0 amide bonds. The minimum atomic E-state index is -1.08. The maximum Gasteiger partial charge on any atom is 0.341 e. The number of carbonyl (C=O) groups is 1. The Morgan fingerprint density at radius 2 is 1.95 bits per heavy atom. The molecule has 0 saturated carbocycles. The normalized spacial score (nSPS) is 10.2. The number of pyridine rings is 1. The highest BCUT2D eigenvalue weighted by Crippen LogP contribution is 2.23. The first-order valence-electron chi connectivity index (χ1n) is 5.76. The van der Waals surface area contributed by atoms with E-state index in [1.54, 1.807) is 18.2 Å². The maximum absolute atomic E-state index is 11.0. The minimum Gasteiger partial charge on any atom is -0.477 e. The van der Waals surface area contributed by atoms with Crippen LogP contribution in [0.4, 0.5) is 0 Å². The standard InChI is InChI=1S/C14H13NO4/c16-9-7-10-3-5-11(6-4-10)19-13-12(14(17)18)2-1-8-15-13/h1-6,8,16H,7,9H2,(H,17,18). The number of aliphatic hydroxyl groups excluding tert-OH is 1. The molecule has 0 saturated heterocycles. The van der Waals surface area contributed by atoms with Crippen LogP contribution in [-0.4, -0.2) is 27.8 Å². The van der Waals surface area contributed by atoms with E-state index in [1.165, 1.54) is 12.3 Å². The summed E-state index contributed by atoms with van der Waals surface area (Å²) >= 11 is 0. The largest absolute Gasteiger partial charge is 0.477 e. The van der Waals surface area contributed by atoms with E-state index in [-0.39, 0.29) is 18.1 Å². The van der Waals surface area contributed by atoms with Crippen LogP contribution in [0.2, 0.25) is 0 Å². The second-order valence-corrected chi connectivity index (χ2v) is 3.88. The molecule has 2 rings (SSSR count). The fourth-order valence-corrected chi connectivity index (χ4v) is 1.60. The van der Waals surface area contributed by atoms with Gasteiger partial charge in [-0.05, 0) is 36.2 Å². The zero-order valence-corrected chi connectivity index (χ0v) is 10.1. The molecule has 0 bridgehead atoms. The molecule has 0 unspecified atom stereocenters. The van der Waals surface area contributed by atoms with E-state index in [4.69, 9.17) is 14.9 Å². The van der Waals surface area contributed by atoms with Gasteiger partial charge in [0.05, 0.1) is 0 Å². The van der Waals surface area contributed by atoms with Crippen molar-refractivity contribution in [2.45, 2.75) is 6.42 Å². The first kappa shape index (κ1) is 13.0. The second-order valence-electron chi connectivity index (χ2n) is 3.88. The lowest BCUT2D eigenvalue weighted by Crippen LogP contribution is -2.01. The zero-order valence-electron chi connectivity index (χ0n) is 10.1. The van der Waals surface area contributed by atoms with Gasteiger partial charge < -0.3 is 14.9 Å². The summed E-state index contributed by atoms with van der Waals surface area (Å²) in [6.45, 7) is 0.0869. The number of hydrogen-bond donors (Lipinski definition) is 2. The Morgan fingerprint density at radius 1 is 1.21 bits per heavy atom. The average Bonchev–Trinajstić information content (AvgIpc) is 2.42. The van der Waals surface area contributed by atoms with Crippen molar-refractivity contribution in [2.75, 3.05) is 6.61 Å². The number of benzene rings is 1. The van der Waals surface area contributed by atoms with Gasteiger partial charge in [-0.2, -0.15) is 0 Å². The van der Waals surface area contributed by atoms with Gasteiger partial charge in [-0.1, -0.05) is 12.1 Å². The van der Waals surface area contributed by atoms with Crippen molar-refractivity contribution < 1.29 is 19.7 Å². The highest BCUT2D eigenvalue weighted by Gasteiger charge is 2.12. The SMILES string of the molecule is O=C(O)c1cccnc1Oc1ccc(CCO)cc1. The van der Waals surface area contributed by atoms with Crippen LogP contribution in [0.1, 0.15) is 15.9 Å². The number of carboxylic acid groups (broad SMARTS) is 1. The van der Waals surface area contributed by atoms with Crippen LogP contribution in [0.3, 0.4) is 0 Å². The van der Waals surface area contributed by atoms with Crippen molar-refractivity contribution in [3.63, 3.8) is 0 Å². The third-order valence-corrected chi connectivity index (χ3v) is 2.54. The van der Waals surface area contributed by atoms with Gasteiger partial charge in [-0.25, -0.2) is 9.78 Å². The Hall–Kier alpha value is -2.40. The smallest absolute Gasteiger partial charge is 0.341 e. The van der Waals surface area contributed by atoms with Crippen LogP contribution in [0.15, 0.2) is 42.6 Å². The molecule has 98 valence electrons. The predicted molar refractivity (Wildman–Crippen MR) is 68.5 cm³/mol. The van der Waals surface area contributed by atoms with Crippen molar-refractivity contribution in [3.05, 3.63) is 53.7 Å². The fourth-order valence-electron chi connectivity index (χ4n) is 1.60. The molecule has 5 nitrogen and oxygen atoms in total. The number of aromatic carboxylic acids is 1. The lowest BCUT2D eigenvalue weighted by molar-refractivity contribution is 0.0693. The summed E-state index contributed by atoms with van der Waals surface area (Å²) in [5.74, 6) is -0.521. The summed E-state index contributed by atoms with van der Waals surface area (Å²) in [5.41, 5.74) is 0.997. The van der Waals surface area contributed by atoms with Crippen molar-refractivity contribution in [1.29, 1.82) is 0 Å². The van der Waals surface area contributed by atoms with E-state index in [9.17, 15) is 4.79 Å². The second kappa shape index (κ2) is 5.97. The molecule has 1 aromatic carbocycles. The summed E-state index contributed by atoms with van der Waals surface area (Å²) < 4.78 is 5.45. The summed E-state index contributed by atoms with van der Waals surface area (Å²) in [6.07, 6.45) is 2.05. The van der Waals surface area contributed by atoms with Crippen molar-refractivity contribution in [3.8, 4) is 11.6 Å². The molecule has 2 N–H and O–H groups in total. The number of rotatable bonds is 5. The van der Waals surface area contributed by atoms with E-state index in [0.717, 1.165) is 5.56 Å². The first-order chi connectivity index (χ1) is 9.20. The molecule has 0 atom stereocenters. The Morgan fingerprint density at radius 3 is 2.58 bits per heavy atom. The number of aromatic nitrogens is 1. The molecule has 0 aliphatic carbocycles. The molecule has 1 heterocycles. The third-order valence-electron chi connectivity index (χ3n) is 2.54. The van der Waals surface area contributed by atoms with Crippen LogP contribution in [0, 0.1) is 0 Å². The number of carboxylic acids is 1. The van der Waals surface area contributed by atoms with E-state index < -0.39 is 5.97 Å². The molecule has 0 aliphatic heterocycles. The summed E-state index contributed by atoms with van der Waals surface area (Å²) in [5, 5.41) is 17.8. The number of nitrogens with zero attached hydrogens (tertiary/aromatic N) is 1. The van der Waals surface area contributed by atoms with Gasteiger partial charge in [-0.15, -0.1) is 0 Å². The summed E-state index contributed by atoms with van der Waals surface area (Å²) in [4.78, 5) is 14.9. The lowest BCUT2D eigenvalue weighted by atomic mass is 10.1. The summed E-state index contributed by atoms with van der Waals surface area (Å²) in [7, 11) is 0. The molecular weight excluding hydrogens is 246 g/mol. The molecule has 0 fully saturated rings. The molecule has 19 heavy (non-hydrogen) atoms. The first-order valence-corrected chi connectivity index (χ1v) is 5.76. The highest BCUT2D eigenvalue weighted by atomic mass is 16.5. The Bertz CT molecular complexity index is 566. The fraction of sp³-hybridized carbons (Fsp3) is 0.143. The van der Waals surface area contributed by atoms with E-state index in [2.05, 4.69) is 4.98 Å². The van der Waals surface area contributed by atoms with E-state index in [1.807, 2.05) is 12.1 Å². The minimum absolute atomic E-state index is 0.0157. The molecule has 0 aliphatic rings. The molecule has 0 spiro atoms. The van der Waals surface area contributed by atoms with E-state index >= 15 is 0 Å². The zero-order chi connectivity index (χ0) is 13.7. The topological polar surface area (TPSA) is 79.7 Å². The number of hydrogen-bond acceptors (Lipinski definition) is 4. The Balaban J connectivity index is 2.19. The van der Waals surface area contributed by atoms with Crippen LogP contribution in [-0.2, 0) is 6.42 Å². The Kier molecular flexibility index (Phi) is 4.10. The predicted octanol–water partition coefficient (Wildman–Crippen LogP) is 2.11. The summed E-state index contributed by atoms with van der Waals surface area (Å²) in [6, 6.07) is 10.0. The van der Waals surface area contributed by atoms with Crippen LogP contribution >= 0.6 is 0 Å². The van der Waals surface area contributed by atoms with Gasteiger partial charge in [0.25, 0.3) is 0 Å². The van der Waals surface area contributed by atoms with Gasteiger partial charge in [0, 0.05) is 12.8 Å². The quantitative estimate of drug-likeness (QED) is 0.859. The molecule has 1 aromatic heterocycles. The van der Waals surface area contributed by atoms with E-state index in [0.29, 0.717) is 12.2 Å². The average molecular weight is 259 g/mol. The Labute approximate surface area is 110 Å². The highest BCUT2D eigenvalue weighted by molar-refractivity contribution is 5.90. The van der Waals surface area contributed by atoms with Gasteiger partial charge in [0.15, 0.2) is 0 Å². The van der Waals surface area contributed by atoms with Gasteiger partial charge in [-0.3, -0.25) is 0 Å². The molecule has 2 aromatic rings. The van der Waals surface area contributed by atoms with Crippen molar-refractivity contribution in [1.82, 2.24) is 4.98 Å². The monoisotopic (exact) mass is 259 g/mol. The van der Waals surface area contributed by atoms with Crippen LogP contribution in [0.25, 0.3) is 0 Å². The maximum atomic E-state index is 11.0. The van der Waals surface area contributed by atoms with Gasteiger partial charge >= 0.3 is 5.97 Å². The van der Waals surface area contributed by atoms with Gasteiger partial charge in [0.1, 0.15) is 11.3 Å².